The van der Waals surface area contributed by atoms with Crippen LogP contribution in [0.3, 0.4) is 0 Å². The van der Waals surface area contributed by atoms with E-state index in [0.29, 0.717) is 6.54 Å². The molecule has 0 atom stereocenters. The van der Waals surface area contributed by atoms with Crippen LogP contribution in [0.4, 0.5) is 0 Å². The molecule has 3 N–H and O–H groups in total. The predicted molar refractivity (Wildman–Crippen MR) is 162 cm³/mol. The van der Waals surface area contributed by atoms with Crippen molar-refractivity contribution < 1.29 is 9.47 Å². The van der Waals surface area contributed by atoms with Gasteiger partial charge >= 0.3 is 0 Å². The maximum Gasteiger partial charge on any atom is 0.123 e. The van der Waals surface area contributed by atoms with Crippen LogP contribution in [0.15, 0.2) is 18.2 Å². The summed E-state index contributed by atoms with van der Waals surface area (Å²) < 4.78 is 12.3. The second-order valence-corrected chi connectivity index (χ2v) is 10.8. The molecular weight excluding hydrogens is 456 g/mol. The maximum atomic E-state index is 6.14. The first-order valence-electron chi connectivity index (χ1n) is 16.1. The van der Waals surface area contributed by atoms with Crippen LogP contribution in [0.2, 0.25) is 0 Å². The molecule has 1 aromatic rings. The Balaban J connectivity index is 2.25. The summed E-state index contributed by atoms with van der Waals surface area (Å²) in [5.41, 5.74) is 6.84. The van der Waals surface area contributed by atoms with Gasteiger partial charge in [0.05, 0.1) is 13.2 Å². The molecule has 4 heteroatoms. The average Bonchev–Trinajstić information content (AvgIpc) is 2.90. The third-order valence-electron chi connectivity index (χ3n) is 7.12. The summed E-state index contributed by atoms with van der Waals surface area (Å²) in [6, 6.07) is 6.36. The highest BCUT2D eigenvalue weighted by atomic mass is 16.5. The van der Waals surface area contributed by atoms with Crippen molar-refractivity contribution >= 4 is 0 Å². The van der Waals surface area contributed by atoms with Crippen LogP contribution in [0.5, 0.6) is 11.5 Å². The second kappa shape index (κ2) is 26.4. The fourth-order valence-corrected chi connectivity index (χ4v) is 4.79. The highest BCUT2D eigenvalue weighted by molar-refractivity contribution is 5.38. The van der Waals surface area contributed by atoms with Gasteiger partial charge in [0.1, 0.15) is 11.5 Å². The van der Waals surface area contributed by atoms with E-state index in [4.69, 9.17) is 15.2 Å². The maximum absolute atomic E-state index is 6.14. The molecule has 0 aliphatic heterocycles. The van der Waals surface area contributed by atoms with E-state index in [1.54, 1.807) is 0 Å². The van der Waals surface area contributed by atoms with E-state index in [1.807, 2.05) is 0 Å². The molecule has 0 fully saturated rings. The molecule has 216 valence electrons. The topological polar surface area (TPSA) is 56.5 Å². The number of unbranched alkanes of at least 4 members (excludes halogenated alkanes) is 18. The van der Waals surface area contributed by atoms with E-state index >= 15 is 0 Å². The molecule has 0 heterocycles. The van der Waals surface area contributed by atoms with Gasteiger partial charge in [0.25, 0.3) is 0 Å². The van der Waals surface area contributed by atoms with Gasteiger partial charge in [0, 0.05) is 25.7 Å². The van der Waals surface area contributed by atoms with Gasteiger partial charge in [-0.25, -0.2) is 0 Å². The van der Waals surface area contributed by atoms with Crippen molar-refractivity contribution in [3.05, 3.63) is 23.8 Å². The van der Waals surface area contributed by atoms with Gasteiger partial charge < -0.3 is 20.5 Å². The van der Waals surface area contributed by atoms with Gasteiger partial charge in [-0.1, -0.05) is 129 Å². The van der Waals surface area contributed by atoms with Gasteiger partial charge in [-0.3, -0.25) is 0 Å². The Hall–Kier alpha value is -1.26. The molecule has 0 bridgehead atoms. The van der Waals surface area contributed by atoms with Gasteiger partial charge in [-0.15, -0.1) is 0 Å². The van der Waals surface area contributed by atoms with E-state index < -0.39 is 0 Å². The summed E-state index contributed by atoms with van der Waals surface area (Å²) in [5.74, 6) is 1.86. The van der Waals surface area contributed by atoms with Gasteiger partial charge in [-0.2, -0.15) is 0 Å². The minimum Gasteiger partial charge on any atom is -0.493 e. The second-order valence-electron chi connectivity index (χ2n) is 10.8. The first-order chi connectivity index (χ1) is 18.3. The van der Waals surface area contributed by atoms with Gasteiger partial charge in [0.2, 0.25) is 0 Å². The Morgan fingerprint density at radius 2 is 0.919 bits per heavy atom. The van der Waals surface area contributed by atoms with E-state index in [0.717, 1.165) is 50.6 Å². The first kappa shape index (κ1) is 33.8. The summed E-state index contributed by atoms with van der Waals surface area (Å²) in [6.07, 6.45) is 26.9. The van der Waals surface area contributed by atoms with Gasteiger partial charge in [-0.05, 0) is 30.5 Å². The lowest BCUT2D eigenvalue weighted by molar-refractivity contribution is 0.289. The zero-order valence-corrected chi connectivity index (χ0v) is 24.8. The molecule has 0 unspecified atom stereocenters. The lowest BCUT2D eigenvalue weighted by Gasteiger charge is -2.13. The van der Waals surface area contributed by atoms with Crippen LogP contribution in [0.25, 0.3) is 0 Å². The smallest absolute Gasteiger partial charge is 0.123 e. The van der Waals surface area contributed by atoms with Crippen molar-refractivity contribution in [1.82, 2.24) is 5.32 Å². The van der Waals surface area contributed by atoms with Crippen LogP contribution < -0.4 is 20.5 Å². The van der Waals surface area contributed by atoms with Crippen molar-refractivity contribution in [1.29, 1.82) is 0 Å². The fraction of sp³-hybridized carbons (Fsp3) is 0.818. The average molecular weight is 519 g/mol. The fourth-order valence-electron chi connectivity index (χ4n) is 4.79. The number of nitrogens with two attached hydrogens (primary N) is 1. The molecule has 0 saturated carbocycles. The van der Waals surface area contributed by atoms with Crippen molar-refractivity contribution in [2.45, 2.75) is 149 Å². The summed E-state index contributed by atoms with van der Waals surface area (Å²) in [6.45, 7) is 8.40. The number of ether oxygens (including phenoxy) is 2. The highest BCUT2D eigenvalue weighted by Gasteiger charge is 2.05. The number of hydrogen-bond donors (Lipinski definition) is 2. The normalized spacial score (nSPS) is 11.2. The Morgan fingerprint density at radius 3 is 1.30 bits per heavy atom. The summed E-state index contributed by atoms with van der Waals surface area (Å²) in [5, 5.41) is 3.39. The summed E-state index contributed by atoms with van der Waals surface area (Å²) in [7, 11) is 0. The van der Waals surface area contributed by atoms with Crippen molar-refractivity contribution in [3.8, 4) is 11.5 Å². The van der Waals surface area contributed by atoms with Crippen molar-refractivity contribution in [2.24, 2.45) is 5.73 Å². The van der Waals surface area contributed by atoms with Crippen LogP contribution in [-0.4, -0.2) is 26.3 Å². The Morgan fingerprint density at radius 1 is 0.541 bits per heavy atom. The highest BCUT2D eigenvalue weighted by Crippen LogP contribution is 2.24. The van der Waals surface area contributed by atoms with Crippen LogP contribution >= 0.6 is 0 Å². The van der Waals surface area contributed by atoms with Crippen LogP contribution in [-0.2, 0) is 6.54 Å². The molecule has 0 aliphatic rings. The molecule has 0 aliphatic carbocycles. The minimum absolute atomic E-state index is 0.650. The third-order valence-corrected chi connectivity index (χ3v) is 7.12. The predicted octanol–water partition coefficient (Wildman–Crippen LogP) is 9.33. The number of nitrogens with one attached hydrogen (secondary N) is 1. The first-order valence-corrected chi connectivity index (χ1v) is 16.1. The zero-order chi connectivity index (χ0) is 26.7. The third kappa shape index (κ3) is 21.4. The largest absolute Gasteiger partial charge is 0.493 e. The quantitative estimate of drug-likeness (QED) is 0.108. The Kier molecular flexibility index (Phi) is 24.0. The molecular formula is C33H62N2O2. The monoisotopic (exact) mass is 518 g/mol. The summed E-state index contributed by atoms with van der Waals surface area (Å²) >= 11 is 0. The number of benzene rings is 1. The van der Waals surface area contributed by atoms with Crippen molar-refractivity contribution in [3.63, 3.8) is 0 Å². The molecule has 4 nitrogen and oxygen atoms in total. The molecule has 1 rings (SSSR count). The van der Waals surface area contributed by atoms with Crippen LogP contribution in [0.1, 0.15) is 148 Å². The summed E-state index contributed by atoms with van der Waals surface area (Å²) in [4.78, 5) is 0. The number of rotatable bonds is 28. The molecule has 0 amide bonds. The molecule has 37 heavy (non-hydrogen) atoms. The lowest BCUT2D eigenvalue weighted by Crippen LogP contribution is -2.21. The Labute approximate surface area is 230 Å². The van der Waals surface area contributed by atoms with E-state index in [1.165, 1.54) is 121 Å². The number of hydrogen-bond acceptors (Lipinski definition) is 4. The Bertz CT molecular complexity index is 564. The standard InChI is InChI=1S/C33H62N2O2/c1-3-5-7-9-11-13-15-17-19-21-25-36-32-27-31(30-35-24-23-34)28-33(29-32)37-26-22-20-18-16-14-12-10-8-6-4-2/h27-29,35H,3-26,30,34H2,1-2H3. The van der Waals surface area contributed by atoms with Crippen molar-refractivity contribution in [2.75, 3.05) is 26.3 Å². The molecule has 1 aromatic carbocycles. The SMILES string of the molecule is CCCCCCCCCCCCOc1cc(CNCCN)cc(OCCCCCCCCCCCC)c1. The zero-order valence-electron chi connectivity index (χ0n) is 24.8. The van der Waals surface area contributed by atoms with Gasteiger partial charge in [0.15, 0.2) is 0 Å². The van der Waals surface area contributed by atoms with Crippen LogP contribution in [0, 0.1) is 0 Å². The molecule has 0 spiro atoms. The molecule has 0 saturated heterocycles. The molecule has 0 aromatic heterocycles. The lowest BCUT2D eigenvalue weighted by atomic mass is 10.1. The van der Waals surface area contributed by atoms with E-state index in [2.05, 4.69) is 37.4 Å². The van der Waals surface area contributed by atoms with E-state index in [9.17, 15) is 0 Å². The molecule has 0 radical (unpaired) electrons. The van der Waals surface area contributed by atoms with E-state index in [-0.39, 0.29) is 0 Å². The minimum atomic E-state index is 0.650.